The average Bonchev–Trinajstić information content (AvgIpc) is 2.35. The molecule has 0 spiro atoms. The van der Waals surface area contributed by atoms with Crippen LogP contribution in [0.4, 0.5) is 5.82 Å². The van der Waals surface area contributed by atoms with Gasteiger partial charge in [0.1, 0.15) is 0 Å². The van der Waals surface area contributed by atoms with Crippen molar-refractivity contribution >= 4 is 46.5 Å². The van der Waals surface area contributed by atoms with Crippen molar-refractivity contribution in [1.82, 2.24) is 20.4 Å². The van der Waals surface area contributed by atoms with Crippen molar-refractivity contribution in [3.05, 3.63) is 39.2 Å². The number of nitrogens with zero attached hydrogens (tertiary/aromatic N) is 4. The first-order chi connectivity index (χ1) is 8.56. The lowest BCUT2D eigenvalue weighted by molar-refractivity contribution is 0.102. The zero-order valence-electron chi connectivity index (χ0n) is 8.56. The summed E-state index contributed by atoms with van der Waals surface area (Å²) in [5.74, 6) is -0.290. The summed E-state index contributed by atoms with van der Waals surface area (Å²) in [6, 6.07) is 4.29. The largest absolute Gasteiger partial charge is 0.305 e. The van der Waals surface area contributed by atoms with Gasteiger partial charge in [-0.15, -0.1) is 20.4 Å². The van der Waals surface area contributed by atoms with E-state index in [-0.39, 0.29) is 26.8 Å². The third-order valence-corrected chi connectivity index (χ3v) is 2.50. The number of hydrogen-bond acceptors (Lipinski definition) is 5. The highest BCUT2D eigenvalue weighted by Gasteiger charge is 2.14. The Labute approximate surface area is 116 Å². The number of amides is 1. The molecule has 0 aliphatic carbocycles. The number of hydrogen-bond donors (Lipinski definition) is 1. The first-order valence-electron chi connectivity index (χ1n) is 4.55. The van der Waals surface area contributed by atoms with Gasteiger partial charge in [-0.25, -0.2) is 0 Å². The van der Waals surface area contributed by atoms with E-state index in [9.17, 15) is 4.79 Å². The van der Waals surface area contributed by atoms with Gasteiger partial charge in [0.15, 0.2) is 21.3 Å². The Hall–Kier alpha value is -1.50. The topological polar surface area (TPSA) is 80.7 Å². The zero-order chi connectivity index (χ0) is 13.1. The van der Waals surface area contributed by atoms with E-state index in [4.69, 9.17) is 34.8 Å². The summed E-state index contributed by atoms with van der Waals surface area (Å²) in [5, 5.41) is 17.0. The van der Waals surface area contributed by atoms with Gasteiger partial charge in [-0.3, -0.25) is 4.79 Å². The molecule has 92 valence electrons. The molecule has 18 heavy (non-hydrogen) atoms. The fraction of sp³-hybridized carbons (Fsp3) is 0. The molecule has 1 N–H and O–H groups in total. The van der Waals surface area contributed by atoms with E-state index in [1.807, 2.05) is 0 Å². The molecule has 0 unspecified atom stereocenters. The second-order valence-electron chi connectivity index (χ2n) is 3.07. The Morgan fingerprint density at radius 3 is 2.39 bits per heavy atom. The highest BCUT2D eigenvalue weighted by molar-refractivity contribution is 6.34. The minimum absolute atomic E-state index is 0.0566. The van der Waals surface area contributed by atoms with Gasteiger partial charge in [0.05, 0.1) is 5.56 Å². The number of rotatable bonds is 2. The minimum atomic E-state index is -0.520. The summed E-state index contributed by atoms with van der Waals surface area (Å²) in [4.78, 5) is 11.8. The fourth-order valence-electron chi connectivity index (χ4n) is 1.08. The van der Waals surface area contributed by atoms with Gasteiger partial charge in [0.25, 0.3) is 5.91 Å². The molecule has 0 atom stereocenters. The fourth-order valence-corrected chi connectivity index (χ4v) is 1.50. The molecule has 0 radical (unpaired) electrons. The summed E-state index contributed by atoms with van der Waals surface area (Å²) in [5.41, 5.74) is 0.0911. The SMILES string of the molecule is O=C(Nc1ccc(Cl)nn1)c1cc(Cl)nnc1Cl. The Morgan fingerprint density at radius 2 is 1.72 bits per heavy atom. The maximum atomic E-state index is 11.8. The molecule has 0 saturated heterocycles. The molecule has 2 aromatic heterocycles. The molecule has 2 heterocycles. The van der Waals surface area contributed by atoms with Crippen molar-refractivity contribution < 1.29 is 4.79 Å². The highest BCUT2D eigenvalue weighted by atomic mass is 35.5. The van der Waals surface area contributed by atoms with Crippen molar-refractivity contribution in [1.29, 1.82) is 0 Å². The maximum absolute atomic E-state index is 11.8. The molecule has 0 saturated carbocycles. The number of aromatic nitrogens is 4. The number of anilines is 1. The van der Waals surface area contributed by atoms with Gasteiger partial charge in [-0.1, -0.05) is 34.8 Å². The van der Waals surface area contributed by atoms with Crippen LogP contribution in [0, 0.1) is 0 Å². The van der Waals surface area contributed by atoms with E-state index in [1.54, 1.807) is 0 Å². The van der Waals surface area contributed by atoms with Crippen molar-refractivity contribution in [3.8, 4) is 0 Å². The summed E-state index contributed by atoms with van der Waals surface area (Å²) < 4.78 is 0. The predicted octanol–water partition coefficient (Wildman–Crippen LogP) is 2.48. The number of nitrogens with one attached hydrogen (secondary N) is 1. The van der Waals surface area contributed by atoms with Crippen LogP contribution in [-0.2, 0) is 0 Å². The van der Waals surface area contributed by atoms with Crippen molar-refractivity contribution in [2.45, 2.75) is 0 Å². The monoisotopic (exact) mass is 303 g/mol. The minimum Gasteiger partial charge on any atom is -0.305 e. The summed E-state index contributed by atoms with van der Waals surface area (Å²) in [7, 11) is 0. The molecular formula is C9H4Cl3N5O. The van der Waals surface area contributed by atoms with Crippen molar-refractivity contribution in [2.75, 3.05) is 5.32 Å². The van der Waals surface area contributed by atoms with Crippen LogP contribution in [0.2, 0.25) is 15.5 Å². The Kier molecular flexibility index (Phi) is 3.90. The van der Waals surface area contributed by atoms with Gasteiger partial charge in [0, 0.05) is 0 Å². The lowest BCUT2D eigenvalue weighted by Gasteiger charge is -2.04. The van der Waals surface area contributed by atoms with Crippen LogP contribution < -0.4 is 5.32 Å². The summed E-state index contributed by atoms with van der Waals surface area (Å²) in [6.07, 6.45) is 0. The molecule has 2 aromatic rings. The molecular weight excluding hydrogens is 300 g/mol. The average molecular weight is 305 g/mol. The van der Waals surface area contributed by atoms with Crippen LogP contribution >= 0.6 is 34.8 Å². The van der Waals surface area contributed by atoms with Crippen LogP contribution in [0.15, 0.2) is 18.2 Å². The smallest absolute Gasteiger partial charge is 0.260 e. The van der Waals surface area contributed by atoms with E-state index in [0.29, 0.717) is 0 Å². The third kappa shape index (κ3) is 3.04. The first-order valence-corrected chi connectivity index (χ1v) is 5.69. The van der Waals surface area contributed by atoms with Crippen molar-refractivity contribution in [2.24, 2.45) is 0 Å². The second kappa shape index (κ2) is 5.43. The van der Waals surface area contributed by atoms with Gasteiger partial charge in [0.2, 0.25) is 0 Å². The third-order valence-electron chi connectivity index (χ3n) is 1.84. The Bertz CT molecular complexity index is 589. The van der Waals surface area contributed by atoms with Crippen molar-refractivity contribution in [3.63, 3.8) is 0 Å². The van der Waals surface area contributed by atoms with Crippen LogP contribution in [-0.4, -0.2) is 26.3 Å². The van der Waals surface area contributed by atoms with E-state index in [2.05, 4.69) is 25.7 Å². The van der Waals surface area contributed by atoms with Crippen LogP contribution in [0.3, 0.4) is 0 Å². The maximum Gasteiger partial charge on any atom is 0.260 e. The van der Waals surface area contributed by atoms with Gasteiger partial charge in [-0.05, 0) is 18.2 Å². The number of carbonyl (C=O) groups excluding carboxylic acids is 1. The summed E-state index contributed by atoms with van der Waals surface area (Å²) in [6.45, 7) is 0. The summed E-state index contributed by atoms with van der Waals surface area (Å²) >= 11 is 16.9. The number of halogens is 3. The highest BCUT2D eigenvalue weighted by Crippen LogP contribution is 2.17. The Morgan fingerprint density at radius 1 is 1.00 bits per heavy atom. The molecule has 1 amide bonds. The molecule has 0 bridgehead atoms. The molecule has 0 aromatic carbocycles. The van der Waals surface area contributed by atoms with Crippen LogP contribution in [0.1, 0.15) is 10.4 Å². The molecule has 0 aliphatic heterocycles. The standard InChI is InChI=1S/C9H4Cl3N5O/c10-5-1-2-7(16-14-5)13-9(18)4-3-6(11)15-17-8(4)12/h1-3H,(H,13,16,18). The Balaban J connectivity index is 2.21. The lowest BCUT2D eigenvalue weighted by Crippen LogP contribution is -2.14. The molecule has 6 nitrogen and oxygen atoms in total. The van der Waals surface area contributed by atoms with E-state index in [0.717, 1.165) is 0 Å². The second-order valence-corrected chi connectivity index (χ2v) is 4.20. The van der Waals surface area contributed by atoms with Crippen LogP contribution in [0.25, 0.3) is 0 Å². The lowest BCUT2D eigenvalue weighted by atomic mass is 10.3. The first kappa shape index (κ1) is 12.9. The zero-order valence-corrected chi connectivity index (χ0v) is 10.8. The quantitative estimate of drug-likeness (QED) is 0.922. The molecule has 9 heteroatoms. The molecule has 0 fully saturated rings. The van der Waals surface area contributed by atoms with E-state index < -0.39 is 5.91 Å². The van der Waals surface area contributed by atoms with Crippen LogP contribution in [0.5, 0.6) is 0 Å². The van der Waals surface area contributed by atoms with E-state index in [1.165, 1.54) is 18.2 Å². The predicted molar refractivity (Wildman–Crippen MR) is 67.0 cm³/mol. The number of carbonyl (C=O) groups is 1. The van der Waals surface area contributed by atoms with Gasteiger partial charge in [-0.2, -0.15) is 0 Å². The molecule has 2 rings (SSSR count). The van der Waals surface area contributed by atoms with E-state index >= 15 is 0 Å². The van der Waals surface area contributed by atoms with Gasteiger partial charge < -0.3 is 5.32 Å². The normalized spacial score (nSPS) is 10.2. The van der Waals surface area contributed by atoms with Gasteiger partial charge >= 0.3 is 0 Å². The molecule has 0 aliphatic rings.